The van der Waals surface area contributed by atoms with Crippen molar-refractivity contribution in [3.63, 3.8) is 0 Å². The highest BCUT2D eigenvalue weighted by atomic mass is 16.5. The Hall–Kier alpha value is -3.14. The fourth-order valence-electron chi connectivity index (χ4n) is 4.41. The number of fused-ring (bicyclic) bond motifs is 14. The molecule has 0 saturated carbocycles. The Bertz CT molecular complexity index is 919. The molecule has 4 atom stereocenters. The van der Waals surface area contributed by atoms with Crippen molar-refractivity contribution >= 4 is 23.6 Å². The van der Waals surface area contributed by atoms with Crippen molar-refractivity contribution in [2.24, 2.45) is 11.7 Å². The van der Waals surface area contributed by atoms with Crippen LogP contribution in [0.5, 0.6) is 5.75 Å². The van der Waals surface area contributed by atoms with Gasteiger partial charge >= 0.3 is 0 Å². The Labute approximate surface area is 206 Å². The number of nitrogens with zero attached hydrogens (tertiary/aromatic N) is 1. The van der Waals surface area contributed by atoms with Gasteiger partial charge in [0.15, 0.2) is 0 Å². The molecule has 192 valence electrons. The number of rotatable bonds is 2. The number of nitrogens with one attached hydrogen (secondary N) is 3. The summed E-state index contributed by atoms with van der Waals surface area (Å²) in [6.45, 7) is 6.50. The summed E-state index contributed by atoms with van der Waals surface area (Å²) in [5.41, 5.74) is 6.92. The highest BCUT2D eigenvalue weighted by molar-refractivity contribution is 5.95. The van der Waals surface area contributed by atoms with Gasteiger partial charge in [-0.25, -0.2) is 0 Å². The molecule has 3 aliphatic heterocycles. The molecule has 0 aromatic heterocycles. The highest BCUT2D eigenvalue weighted by Crippen LogP contribution is 2.21. The molecule has 0 aliphatic carbocycles. The van der Waals surface area contributed by atoms with Crippen LogP contribution in [-0.2, 0) is 25.6 Å². The monoisotopic (exact) mass is 487 g/mol. The van der Waals surface area contributed by atoms with Crippen LogP contribution in [0.3, 0.4) is 0 Å². The van der Waals surface area contributed by atoms with Gasteiger partial charge in [0, 0.05) is 6.54 Å². The van der Waals surface area contributed by atoms with E-state index in [0.29, 0.717) is 44.5 Å². The SMILES string of the molecule is CC(C)C[C@@H]1NC(=O)[C@@H](C)NC(=O)[C@@H](N)Cc2ccc(cc2)OCCNC(=O)[C@H]2CCCN2C1=O. The van der Waals surface area contributed by atoms with Crippen LogP contribution >= 0.6 is 0 Å². The minimum absolute atomic E-state index is 0.131. The first-order valence-corrected chi connectivity index (χ1v) is 12.3. The van der Waals surface area contributed by atoms with Crippen LogP contribution in [0, 0.1) is 5.92 Å². The van der Waals surface area contributed by atoms with E-state index in [1.165, 1.54) is 0 Å². The molecule has 4 amide bonds. The number of benzene rings is 1. The van der Waals surface area contributed by atoms with E-state index < -0.39 is 36.0 Å². The number of hydrogen-bond donors (Lipinski definition) is 4. The number of carbonyl (C=O) groups excluding carboxylic acids is 4. The molecule has 2 bridgehead atoms. The summed E-state index contributed by atoms with van der Waals surface area (Å²) in [6, 6.07) is 4.11. The second-order valence-electron chi connectivity index (χ2n) is 9.70. The van der Waals surface area contributed by atoms with E-state index in [9.17, 15) is 19.2 Å². The molecule has 3 heterocycles. The van der Waals surface area contributed by atoms with Crippen molar-refractivity contribution in [3.8, 4) is 5.75 Å². The molecule has 0 spiro atoms. The molecule has 3 aliphatic rings. The minimum atomic E-state index is -0.880. The van der Waals surface area contributed by atoms with Crippen molar-refractivity contribution in [1.29, 1.82) is 0 Å². The van der Waals surface area contributed by atoms with Gasteiger partial charge in [-0.2, -0.15) is 0 Å². The van der Waals surface area contributed by atoms with Gasteiger partial charge in [0.1, 0.15) is 30.5 Å². The van der Waals surface area contributed by atoms with Gasteiger partial charge in [0.05, 0.1) is 12.6 Å². The third kappa shape index (κ3) is 7.17. The van der Waals surface area contributed by atoms with E-state index >= 15 is 0 Å². The minimum Gasteiger partial charge on any atom is -0.492 e. The highest BCUT2D eigenvalue weighted by Gasteiger charge is 2.38. The van der Waals surface area contributed by atoms with Gasteiger partial charge in [0.2, 0.25) is 23.6 Å². The lowest BCUT2D eigenvalue weighted by atomic mass is 10.0. The van der Waals surface area contributed by atoms with E-state index in [2.05, 4.69) is 16.0 Å². The lowest BCUT2D eigenvalue weighted by molar-refractivity contribution is -0.142. The van der Waals surface area contributed by atoms with E-state index in [-0.39, 0.29) is 24.3 Å². The Morgan fingerprint density at radius 3 is 2.46 bits per heavy atom. The zero-order chi connectivity index (χ0) is 25.5. The van der Waals surface area contributed by atoms with E-state index in [1.807, 2.05) is 26.0 Å². The predicted octanol–water partition coefficient (Wildman–Crippen LogP) is 0.0916. The topological polar surface area (TPSA) is 143 Å². The normalized spacial score (nSPS) is 27.1. The van der Waals surface area contributed by atoms with E-state index in [4.69, 9.17) is 10.5 Å². The van der Waals surface area contributed by atoms with Gasteiger partial charge in [-0.3, -0.25) is 19.2 Å². The summed E-state index contributed by atoms with van der Waals surface area (Å²) >= 11 is 0. The van der Waals surface area contributed by atoms with Crippen molar-refractivity contribution in [2.75, 3.05) is 19.7 Å². The summed E-state index contributed by atoms with van der Waals surface area (Å²) in [7, 11) is 0. The number of hydrogen-bond acceptors (Lipinski definition) is 6. The predicted molar refractivity (Wildman–Crippen MR) is 130 cm³/mol. The third-order valence-corrected chi connectivity index (χ3v) is 6.30. The van der Waals surface area contributed by atoms with Crippen molar-refractivity contribution in [1.82, 2.24) is 20.9 Å². The molecule has 10 nitrogen and oxygen atoms in total. The lowest BCUT2D eigenvalue weighted by Crippen LogP contribution is -2.57. The number of nitrogens with two attached hydrogens (primary N) is 1. The summed E-state index contributed by atoms with van der Waals surface area (Å²) in [5, 5.41) is 8.30. The van der Waals surface area contributed by atoms with Gasteiger partial charge in [0.25, 0.3) is 0 Å². The quantitative estimate of drug-likeness (QED) is 0.466. The molecule has 0 unspecified atom stereocenters. The summed E-state index contributed by atoms with van der Waals surface area (Å²) in [6.07, 6.45) is 1.98. The second-order valence-corrected chi connectivity index (χ2v) is 9.70. The first-order valence-electron chi connectivity index (χ1n) is 12.3. The fourth-order valence-corrected chi connectivity index (χ4v) is 4.41. The van der Waals surface area contributed by atoms with Gasteiger partial charge in [-0.1, -0.05) is 26.0 Å². The maximum absolute atomic E-state index is 13.4. The summed E-state index contributed by atoms with van der Waals surface area (Å²) in [5.74, 6) is -0.675. The fraction of sp³-hybridized carbons (Fsp3) is 0.600. The van der Waals surface area contributed by atoms with Crippen molar-refractivity contribution in [3.05, 3.63) is 29.8 Å². The molecular formula is C25H37N5O5. The van der Waals surface area contributed by atoms with Crippen LogP contribution in [0.25, 0.3) is 0 Å². The van der Waals surface area contributed by atoms with Crippen LogP contribution in [-0.4, -0.2) is 72.4 Å². The molecular weight excluding hydrogens is 450 g/mol. The molecule has 1 fully saturated rings. The van der Waals surface area contributed by atoms with Crippen LogP contribution in [0.1, 0.15) is 45.6 Å². The van der Waals surface area contributed by atoms with Crippen LogP contribution in [0.15, 0.2) is 24.3 Å². The first-order chi connectivity index (χ1) is 16.7. The Morgan fingerprint density at radius 1 is 1.06 bits per heavy atom. The standard InChI is InChI=1S/C25H37N5O5/c1-15(2)13-20-25(34)30-11-4-5-21(30)24(33)27-10-12-35-18-8-6-17(7-9-18)14-19(26)23(32)28-16(3)22(31)29-20/h6-9,15-16,19-21H,4-5,10-14,26H2,1-3H3,(H,27,33)(H,28,32)(H,29,31)/t16-,19+,20+,21-/m1/s1. The Balaban J connectivity index is 1.82. The lowest BCUT2D eigenvalue weighted by Gasteiger charge is -2.30. The van der Waals surface area contributed by atoms with Crippen LogP contribution < -0.4 is 26.4 Å². The van der Waals surface area contributed by atoms with Crippen molar-refractivity contribution in [2.45, 2.75) is 70.6 Å². The molecule has 1 saturated heterocycles. The second kappa shape index (κ2) is 12.0. The maximum Gasteiger partial charge on any atom is 0.245 e. The zero-order valence-electron chi connectivity index (χ0n) is 20.7. The molecule has 4 rings (SSSR count). The summed E-state index contributed by atoms with van der Waals surface area (Å²) < 4.78 is 5.70. The molecule has 1 aromatic rings. The molecule has 5 N–H and O–H groups in total. The molecule has 0 radical (unpaired) electrons. The number of carbonyl (C=O) groups is 4. The van der Waals surface area contributed by atoms with Crippen LogP contribution in [0.4, 0.5) is 0 Å². The zero-order valence-corrected chi connectivity index (χ0v) is 20.7. The van der Waals surface area contributed by atoms with Gasteiger partial charge in [-0.15, -0.1) is 0 Å². The van der Waals surface area contributed by atoms with Gasteiger partial charge < -0.3 is 31.3 Å². The van der Waals surface area contributed by atoms with Gasteiger partial charge in [-0.05, 0) is 56.2 Å². The largest absolute Gasteiger partial charge is 0.492 e. The smallest absolute Gasteiger partial charge is 0.245 e. The number of amides is 4. The Morgan fingerprint density at radius 2 is 1.77 bits per heavy atom. The first kappa shape index (κ1) is 26.5. The third-order valence-electron chi connectivity index (χ3n) is 6.30. The number of ether oxygens (including phenoxy) is 1. The van der Waals surface area contributed by atoms with E-state index in [1.54, 1.807) is 24.0 Å². The van der Waals surface area contributed by atoms with E-state index in [0.717, 1.165) is 5.56 Å². The van der Waals surface area contributed by atoms with Crippen LogP contribution in [0.2, 0.25) is 0 Å². The Kier molecular flexibility index (Phi) is 9.08. The molecule has 35 heavy (non-hydrogen) atoms. The average Bonchev–Trinajstić information content (AvgIpc) is 3.31. The van der Waals surface area contributed by atoms with Crippen molar-refractivity contribution < 1.29 is 23.9 Å². The molecule has 1 aromatic carbocycles. The molecule has 10 heteroatoms. The average molecular weight is 488 g/mol. The summed E-state index contributed by atoms with van der Waals surface area (Å²) in [4.78, 5) is 53.3. The maximum atomic E-state index is 13.4.